The summed E-state index contributed by atoms with van der Waals surface area (Å²) in [6.07, 6.45) is 0. The predicted octanol–water partition coefficient (Wildman–Crippen LogP) is 3.43. The molecule has 0 saturated carbocycles. The van der Waals surface area contributed by atoms with Gasteiger partial charge in [0.1, 0.15) is 0 Å². The van der Waals surface area contributed by atoms with Gasteiger partial charge < -0.3 is 10.9 Å². The molecule has 1 rings (SSSR count). The first kappa shape index (κ1) is 13.4. The number of rotatable bonds is 2. The maximum atomic E-state index is 8.74. The van der Waals surface area contributed by atoms with Crippen molar-refractivity contribution in [1.29, 1.82) is 0 Å². The van der Waals surface area contributed by atoms with Gasteiger partial charge in [-0.1, -0.05) is 41.9 Å². The van der Waals surface area contributed by atoms with Crippen LogP contribution in [0.15, 0.2) is 32.7 Å². The molecule has 3 N–H and O–H groups in total. The molecule has 1 aromatic carbocycles. The van der Waals surface area contributed by atoms with E-state index >= 15 is 0 Å². The maximum absolute atomic E-state index is 8.74. The Morgan fingerprint density at radius 2 is 2.06 bits per heavy atom. The summed E-state index contributed by atoms with van der Waals surface area (Å²) in [5, 5.41) is 11.8. The molecule has 0 heterocycles. The maximum Gasteiger partial charge on any atom is 0.171 e. The van der Waals surface area contributed by atoms with E-state index in [1.807, 2.05) is 18.2 Å². The van der Waals surface area contributed by atoms with E-state index in [0.717, 1.165) is 14.9 Å². The van der Waals surface area contributed by atoms with Crippen LogP contribution >= 0.6 is 27.7 Å². The van der Waals surface area contributed by atoms with Crippen molar-refractivity contribution in [1.82, 2.24) is 0 Å². The number of nitrogens with zero attached hydrogens (tertiary/aromatic N) is 1. The minimum Gasteiger partial charge on any atom is -0.409 e. The predicted molar refractivity (Wildman–Crippen MR) is 72.3 cm³/mol. The number of thioether (sulfide) groups is 1. The van der Waals surface area contributed by atoms with Gasteiger partial charge in [0.2, 0.25) is 0 Å². The zero-order chi connectivity index (χ0) is 12.3. The number of halogens is 1. The third-order valence-electron chi connectivity index (χ3n) is 1.74. The van der Waals surface area contributed by atoms with Gasteiger partial charge in [0.15, 0.2) is 5.84 Å². The van der Waals surface area contributed by atoms with Crippen molar-refractivity contribution in [3.8, 4) is 0 Å². The molecule has 0 aliphatic carbocycles. The minimum absolute atomic E-state index is 0.0817. The molecule has 0 atom stereocenters. The SMILES string of the molecule is CC(C)(C)Sc1ccc(Br)cc1/C(N)=N/O. The molecule has 0 spiro atoms. The van der Waals surface area contributed by atoms with Crippen LogP contribution in [0.2, 0.25) is 0 Å². The molecule has 0 saturated heterocycles. The number of hydrogen-bond acceptors (Lipinski definition) is 3. The molecule has 0 fully saturated rings. The Kier molecular flexibility index (Phi) is 4.27. The highest BCUT2D eigenvalue weighted by molar-refractivity contribution is 9.10. The fourth-order valence-electron chi connectivity index (χ4n) is 1.18. The Labute approximate surface area is 108 Å². The van der Waals surface area contributed by atoms with Crippen LogP contribution in [0.1, 0.15) is 26.3 Å². The highest BCUT2D eigenvalue weighted by Crippen LogP contribution is 2.35. The zero-order valence-electron chi connectivity index (χ0n) is 9.49. The number of amidine groups is 1. The summed E-state index contributed by atoms with van der Waals surface area (Å²) in [5.41, 5.74) is 6.40. The van der Waals surface area contributed by atoms with Gasteiger partial charge in [-0.15, -0.1) is 11.8 Å². The second-order valence-electron chi connectivity index (χ2n) is 4.34. The minimum atomic E-state index is 0.0817. The molecule has 1 aromatic rings. The fourth-order valence-corrected chi connectivity index (χ4v) is 2.61. The third kappa shape index (κ3) is 3.72. The average Bonchev–Trinajstić information content (AvgIpc) is 2.17. The molecular weight excluding hydrogens is 288 g/mol. The van der Waals surface area contributed by atoms with E-state index < -0.39 is 0 Å². The summed E-state index contributed by atoms with van der Waals surface area (Å²) in [5.74, 6) is 0.132. The third-order valence-corrected chi connectivity index (χ3v) is 3.42. The summed E-state index contributed by atoms with van der Waals surface area (Å²) in [6, 6.07) is 5.76. The van der Waals surface area contributed by atoms with Crippen LogP contribution < -0.4 is 5.73 Å². The van der Waals surface area contributed by atoms with E-state index in [-0.39, 0.29) is 10.6 Å². The van der Waals surface area contributed by atoms with Crippen LogP contribution in [0.4, 0.5) is 0 Å². The highest BCUT2D eigenvalue weighted by atomic mass is 79.9. The molecule has 0 aliphatic heterocycles. The van der Waals surface area contributed by atoms with Crippen LogP contribution in [-0.2, 0) is 0 Å². The van der Waals surface area contributed by atoms with Crippen molar-refractivity contribution < 1.29 is 5.21 Å². The second-order valence-corrected chi connectivity index (χ2v) is 7.12. The van der Waals surface area contributed by atoms with Crippen molar-refractivity contribution in [3.63, 3.8) is 0 Å². The first-order chi connectivity index (χ1) is 7.33. The molecule has 0 radical (unpaired) electrons. The molecule has 0 amide bonds. The molecular formula is C11H15BrN2OS. The standard InChI is InChI=1S/C11H15BrN2OS/c1-11(2,3)16-9-5-4-7(12)6-8(9)10(13)14-15/h4-6,15H,1-3H3,(H2,13,14). The van der Waals surface area contributed by atoms with E-state index in [0.29, 0.717) is 0 Å². The summed E-state index contributed by atoms with van der Waals surface area (Å²) in [6.45, 7) is 6.36. The molecule has 3 nitrogen and oxygen atoms in total. The average molecular weight is 303 g/mol. The van der Waals surface area contributed by atoms with Crippen molar-refractivity contribution in [2.24, 2.45) is 10.9 Å². The Morgan fingerprint density at radius 1 is 1.44 bits per heavy atom. The van der Waals surface area contributed by atoms with E-state index in [4.69, 9.17) is 10.9 Å². The van der Waals surface area contributed by atoms with Gasteiger partial charge in [0, 0.05) is 19.7 Å². The van der Waals surface area contributed by atoms with E-state index in [1.54, 1.807) is 11.8 Å². The smallest absolute Gasteiger partial charge is 0.171 e. The normalized spacial score (nSPS) is 12.9. The summed E-state index contributed by atoms with van der Waals surface area (Å²) >= 11 is 5.06. The molecule has 5 heteroatoms. The van der Waals surface area contributed by atoms with E-state index in [9.17, 15) is 0 Å². The fraction of sp³-hybridized carbons (Fsp3) is 0.364. The first-order valence-corrected chi connectivity index (χ1v) is 6.41. The Balaban J connectivity index is 3.18. The molecule has 88 valence electrons. The highest BCUT2D eigenvalue weighted by Gasteiger charge is 2.16. The van der Waals surface area contributed by atoms with Crippen LogP contribution in [0.5, 0.6) is 0 Å². The lowest BCUT2D eigenvalue weighted by atomic mass is 10.2. The molecule has 16 heavy (non-hydrogen) atoms. The van der Waals surface area contributed by atoms with Gasteiger partial charge in [-0.3, -0.25) is 0 Å². The second kappa shape index (κ2) is 5.10. The first-order valence-electron chi connectivity index (χ1n) is 4.80. The summed E-state index contributed by atoms with van der Waals surface area (Å²) in [4.78, 5) is 1.01. The van der Waals surface area contributed by atoms with Gasteiger partial charge in [-0.2, -0.15) is 0 Å². The van der Waals surface area contributed by atoms with Crippen molar-refractivity contribution in [3.05, 3.63) is 28.2 Å². The quantitative estimate of drug-likeness (QED) is 0.289. The number of oxime groups is 1. The Hall–Kier alpha value is -0.680. The number of nitrogens with two attached hydrogens (primary N) is 1. The summed E-state index contributed by atoms with van der Waals surface area (Å²) in [7, 11) is 0. The van der Waals surface area contributed by atoms with Gasteiger partial charge >= 0.3 is 0 Å². The number of hydrogen-bond donors (Lipinski definition) is 2. The zero-order valence-corrected chi connectivity index (χ0v) is 11.9. The largest absolute Gasteiger partial charge is 0.409 e. The lowest BCUT2D eigenvalue weighted by Crippen LogP contribution is -2.16. The van der Waals surface area contributed by atoms with Gasteiger partial charge in [0.25, 0.3) is 0 Å². The number of benzene rings is 1. The lowest BCUT2D eigenvalue weighted by Gasteiger charge is -2.19. The van der Waals surface area contributed by atoms with E-state index in [2.05, 4.69) is 41.9 Å². The monoisotopic (exact) mass is 302 g/mol. The topological polar surface area (TPSA) is 58.6 Å². The van der Waals surface area contributed by atoms with Gasteiger partial charge in [0.05, 0.1) is 0 Å². The van der Waals surface area contributed by atoms with Crippen molar-refractivity contribution in [2.75, 3.05) is 0 Å². The van der Waals surface area contributed by atoms with Crippen LogP contribution in [-0.4, -0.2) is 15.8 Å². The summed E-state index contributed by atoms with van der Waals surface area (Å²) < 4.78 is 0.991. The molecule has 0 unspecified atom stereocenters. The van der Waals surface area contributed by atoms with Crippen LogP contribution in [0.3, 0.4) is 0 Å². The van der Waals surface area contributed by atoms with Crippen molar-refractivity contribution >= 4 is 33.5 Å². The van der Waals surface area contributed by atoms with Gasteiger partial charge in [-0.05, 0) is 18.2 Å². The van der Waals surface area contributed by atoms with Gasteiger partial charge in [-0.25, -0.2) is 0 Å². The molecule has 0 aromatic heterocycles. The lowest BCUT2D eigenvalue weighted by molar-refractivity contribution is 0.318. The van der Waals surface area contributed by atoms with E-state index in [1.165, 1.54) is 0 Å². The molecule has 0 aliphatic rings. The van der Waals surface area contributed by atoms with Crippen LogP contribution in [0.25, 0.3) is 0 Å². The molecule has 0 bridgehead atoms. The van der Waals surface area contributed by atoms with Crippen molar-refractivity contribution in [2.45, 2.75) is 30.4 Å². The Bertz CT molecular complexity index is 413. The van der Waals surface area contributed by atoms with Crippen LogP contribution in [0, 0.1) is 0 Å². The Morgan fingerprint density at radius 3 is 2.56 bits per heavy atom.